The number of benzene rings is 1. The van der Waals surface area contributed by atoms with Crippen LogP contribution in [0.1, 0.15) is 32.8 Å². The summed E-state index contributed by atoms with van der Waals surface area (Å²) in [5, 5.41) is 0. The molecule has 0 atom stereocenters. The highest BCUT2D eigenvalue weighted by molar-refractivity contribution is 7.92. The van der Waals surface area contributed by atoms with E-state index in [-0.39, 0.29) is 11.2 Å². The second-order valence-corrected chi connectivity index (χ2v) is 8.32. The van der Waals surface area contributed by atoms with Crippen LogP contribution >= 0.6 is 0 Å². The number of nitrogens with two attached hydrogens (primary N) is 1. The van der Waals surface area contributed by atoms with Crippen molar-refractivity contribution < 1.29 is 8.42 Å². The molecule has 0 saturated heterocycles. The maximum absolute atomic E-state index is 12.5. The molecule has 0 spiro atoms. The summed E-state index contributed by atoms with van der Waals surface area (Å²) in [5.41, 5.74) is 8.22. The lowest BCUT2D eigenvalue weighted by atomic mass is 9.94. The van der Waals surface area contributed by atoms with Gasteiger partial charge in [-0.3, -0.25) is 4.31 Å². The number of nitrogens with zero attached hydrogens (tertiary/aromatic N) is 1. The minimum Gasteiger partial charge on any atom is -0.397 e. The minimum atomic E-state index is -3.28. The average molecular weight is 282 g/mol. The van der Waals surface area contributed by atoms with Crippen molar-refractivity contribution in [3.05, 3.63) is 23.8 Å². The number of fused-ring (bicyclic) bond motifs is 1. The molecule has 0 bridgehead atoms. The van der Waals surface area contributed by atoms with Crippen LogP contribution in [-0.2, 0) is 16.4 Å². The number of rotatable bonds is 3. The molecule has 2 N–H and O–H groups in total. The Labute approximate surface area is 115 Å². The number of hydrogen-bond acceptors (Lipinski definition) is 3. The Morgan fingerprint density at radius 3 is 2.63 bits per heavy atom. The van der Waals surface area contributed by atoms with Crippen LogP contribution in [0.4, 0.5) is 11.4 Å². The number of hydrogen-bond donors (Lipinski definition) is 1. The smallest absolute Gasteiger partial charge is 0.235 e. The van der Waals surface area contributed by atoms with Crippen molar-refractivity contribution in [1.29, 1.82) is 0 Å². The van der Waals surface area contributed by atoms with Gasteiger partial charge in [0, 0.05) is 6.54 Å². The van der Waals surface area contributed by atoms with Crippen LogP contribution in [0.15, 0.2) is 18.2 Å². The molecule has 4 nitrogen and oxygen atoms in total. The van der Waals surface area contributed by atoms with Crippen molar-refractivity contribution in [2.24, 2.45) is 5.41 Å². The highest BCUT2D eigenvalue weighted by atomic mass is 32.2. The molecule has 0 radical (unpaired) electrons. The molecule has 0 fully saturated rings. The maximum Gasteiger partial charge on any atom is 0.235 e. The fourth-order valence-corrected chi connectivity index (χ4v) is 4.24. The maximum atomic E-state index is 12.5. The molecule has 19 heavy (non-hydrogen) atoms. The van der Waals surface area contributed by atoms with Crippen LogP contribution in [0.5, 0.6) is 0 Å². The molecule has 1 aliphatic heterocycles. The van der Waals surface area contributed by atoms with Gasteiger partial charge in [-0.25, -0.2) is 8.42 Å². The normalized spacial score (nSPS) is 15.6. The highest BCUT2D eigenvalue weighted by Gasteiger charge is 2.31. The van der Waals surface area contributed by atoms with Crippen molar-refractivity contribution in [1.82, 2.24) is 0 Å². The van der Waals surface area contributed by atoms with Crippen molar-refractivity contribution in [2.45, 2.75) is 33.6 Å². The molecule has 1 aliphatic rings. The van der Waals surface area contributed by atoms with Gasteiger partial charge in [-0.1, -0.05) is 32.9 Å². The van der Waals surface area contributed by atoms with Crippen LogP contribution in [0, 0.1) is 5.41 Å². The second kappa shape index (κ2) is 4.71. The van der Waals surface area contributed by atoms with Crippen LogP contribution in [0.3, 0.4) is 0 Å². The summed E-state index contributed by atoms with van der Waals surface area (Å²) in [6.07, 6.45) is 1.39. The van der Waals surface area contributed by atoms with Crippen molar-refractivity contribution in [3.8, 4) is 0 Å². The molecule has 2 rings (SSSR count). The summed E-state index contributed by atoms with van der Waals surface area (Å²) in [6.45, 7) is 6.66. The van der Waals surface area contributed by atoms with E-state index in [0.29, 0.717) is 24.3 Å². The SMILES string of the molecule is CC(C)(C)CCS(=O)(=O)N1CCc2cccc(N)c21. The average Bonchev–Trinajstić information content (AvgIpc) is 2.72. The van der Waals surface area contributed by atoms with Crippen LogP contribution < -0.4 is 10.0 Å². The third kappa shape index (κ3) is 3.03. The third-order valence-electron chi connectivity index (χ3n) is 3.43. The number of anilines is 2. The predicted molar refractivity (Wildman–Crippen MR) is 79.8 cm³/mol. The molecule has 5 heteroatoms. The first-order valence-corrected chi connectivity index (χ1v) is 8.19. The van der Waals surface area contributed by atoms with Gasteiger partial charge in [-0.2, -0.15) is 0 Å². The van der Waals surface area contributed by atoms with Crippen LogP contribution in [0.2, 0.25) is 0 Å². The third-order valence-corrected chi connectivity index (χ3v) is 5.19. The predicted octanol–water partition coefficient (Wildman–Crippen LogP) is 2.40. The highest BCUT2D eigenvalue weighted by Crippen LogP contribution is 2.36. The van der Waals surface area contributed by atoms with Gasteiger partial charge in [-0.05, 0) is 29.9 Å². The van der Waals surface area contributed by atoms with Crippen LogP contribution in [-0.4, -0.2) is 20.7 Å². The molecule has 0 amide bonds. The van der Waals surface area contributed by atoms with Gasteiger partial charge >= 0.3 is 0 Å². The first kappa shape index (κ1) is 14.2. The number of nitrogen functional groups attached to an aromatic ring is 1. The topological polar surface area (TPSA) is 63.4 Å². The summed E-state index contributed by atoms with van der Waals surface area (Å²) < 4.78 is 26.4. The van der Waals surface area contributed by atoms with Gasteiger partial charge < -0.3 is 5.73 Å². The Bertz CT molecular complexity index is 574. The lowest BCUT2D eigenvalue weighted by molar-refractivity contribution is 0.397. The molecular weight excluding hydrogens is 260 g/mol. The Kier molecular flexibility index (Phi) is 3.51. The molecule has 0 saturated carbocycles. The zero-order chi connectivity index (χ0) is 14.3. The summed E-state index contributed by atoms with van der Waals surface area (Å²) in [7, 11) is -3.28. The molecule has 1 aromatic carbocycles. The van der Waals surface area contributed by atoms with E-state index in [1.807, 2.05) is 12.1 Å². The molecule has 0 aromatic heterocycles. The van der Waals surface area contributed by atoms with E-state index in [1.54, 1.807) is 6.07 Å². The Morgan fingerprint density at radius 1 is 1.32 bits per heavy atom. The summed E-state index contributed by atoms with van der Waals surface area (Å²) >= 11 is 0. The summed E-state index contributed by atoms with van der Waals surface area (Å²) in [4.78, 5) is 0. The van der Waals surface area contributed by atoms with E-state index >= 15 is 0 Å². The Balaban J connectivity index is 2.26. The van der Waals surface area contributed by atoms with Crippen molar-refractivity contribution >= 4 is 21.4 Å². The number of para-hydroxylation sites is 1. The van der Waals surface area contributed by atoms with Gasteiger partial charge in [0.25, 0.3) is 0 Å². The standard InChI is InChI=1S/C14H22N2O2S/c1-14(2,3)8-10-19(17,18)16-9-7-11-5-4-6-12(15)13(11)16/h4-6H,7-10,15H2,1-3H3. The Hall–Kier alpha value is -1.23. The zero-order valence-corrected chi connectivity index (χ0v) is 12.6. The second-order valence-electron chi connectivity index (χ2n) is 6.30. The molecule has 1 heterocycles. The van der Waals surface area contributed by atoms with Gasteiger partial charge in [0.15, 0.2) is 0 Å². The molecule has 106 valence electrons. The van der Waals surface area contributed by atoms with E-state index in [9.17, 15) is 8.42 Å². The minimum absolute atomic E-state index is 0.0118. The first-order valence-electron chi connectivity index (χ1n) is 6.58. The van der Waals surface area contributed by atoms with Crippen molar-refractivity contribution in [3.63, 3.8) is 0 Å². The lowest BCUT2D eigenvalue weighted by Gasteiger charge is -2.24. The Morgan fingerprint density at radius 2 is 2.00 bits per heavy atom. The van der Waals surface area contributed by atoms with Crippen molar-refractivity contribution in [2.75, 3.05) is 22.3 Å². The largest absolute Gasteiger partial charge is 0.397 e. The van der Waals surface area contributed by atoms with Gasteiger partial charge in [0.1, 0.15) is 0 Å². The summed E-state index contributed by atoms with van der Waals surface area (Å²) in [6, 6.07) is 5.58. The van der Waals surface area contributed by atoms with Gasteiger partial charge in [0.2, 0.25) is 10.0 Å². The van der Waals surface area contributed by atoms with Crippen LogP contribution in [0.25, 0.3) is 0 Å². The van der Waals surface area contributed by atoms with Gasteiger partial charge in [0.05, 0.1) is 17.1 Å². The fraction of sp³-hybridized carbons (Fsp3) is 0.571. The molecular formula is C14H22N2O2S. The fourth-order valence-electron chi connectivity index (χ4n) is 2.27. The number of sulfonamides is 1. The lowest BCUT2D eigenvalue weighted by Crippen LogP contribution is -2.33. The first-order chi connectivity index (χ1) is 8.71. The molecule has 1 aromatic rings. The van der Waals surface area contributed by atoms with E-state index in [4.69, 9.17) is 5.73 Å². The summed E-state index contributed by atoms with van der Waals surface area (Å²) in [5.74, 6) is 0.171. The van der Waals surface area contributed by atoms with Gasteiger partial charge in [-0.15, -0.1) is 0 Å². The monoisotopic (exact) mass is 282 g/mol. The van der Waals surface area contributed by atoms with E-state index in [0.717, 1.165) is 12.0 Å². The zero-order valence-electron chi connectivity index (χ0n) is 11.8. The van der Waals surface area contributed by atoms with E-state index < -0.39 is 10.0 Å². The van der Waals surface area contributed by atoms with E-state index in [1.165, 1.54) is 4.31 Å². The molecule has 0 unspecified atom stereocenters. The quantitative estimate of drug-likeness (QED) is 0.866. The molecule has 0 aliphatic carbocycles. The van der Waals surface area contributed by atoms with E-state index in [2.05, 4.69) is 20.8 Å².